The van der Waals surface area contributed by atoms with Crippen molar-refractivity contribution in [2.24, 2.45) is 5.73 Å². The highest BCUT2D eigenvalue weighted by molar-refractivity contribution is 7.87. The minimum atomic E-state index is -1.77. The molecule has 6 N–H and O–H groups in total. The molecule has 1 heterocycles. The van der Waals surface area contributed by atoms with Crippen LogP contribution >= 0.6 is 0 Å². The zero-order chi connectivity index (χ0) is 27.7. The number of aliphatic hydroxyl groups is 2. The molecule has 0 radical (unpaired) electrons. The molecular weight excluding hydrogens is 506 g/mol. The van der Waals surface area contributed by atoms with E-state index < -0.39 is 35.6 Å². The van der Waals surface area contributed by atoms with E-state index in [2.05, 4.69) is 40.9 Å². The van der Waals surface area contributed by atoms with E-state index in [4.69, 9.17) is 15.2 Å². The molecule has 11 heteroatoms. The van der Waals surface area contributed by atoms with Crippen LogP contribution in [0.1, 0.15) is 25.8 Å². The average Bonchev–Trinajstić information content (AvgIpc) is 2.93. The molecule has 10 nitrogen and oxygen atoms in total. The van der Waals surface area contributed by atoms with E-state index in [-0.39, 0.29) is 24.4 Å². The molecule has 206 valence electrons. The summed E-state index contributed by atoms with van der Waals surface area (Å²) in [6.07, 6.45) is -0.0183. The molecule has 3 rings (SSSR count). The predicted octanol–water partition coefficient (Wildman–Crippen LogP) is 1.68. The van der Waals surface area contributed by atoms with Crippen LogP contribution in [0.2, 0.25) is 0 Å². The van der Waals surface area contributed by atoms with Gasteiger partial charge in [0.1, 0.15) is 34.2 Å². The van der Waals surface area contributed by atoms with Gasteiger partial charge in [-0.3, -0.25) is 0 Å². The highest BCUT2D eigenvalue weighted by Gasteiger charge is 2.36. The van der Waals surface area contributed by atoms with Gasteiger partial charge in [-0.05, 0) is 54.5 Å². The molecule has 3 unspecified atom stereocenters. The van der Waals surface area contributed by atoms with Crippen LogP contribution in [-0.4, -0.2) is 72.3 Å². The standard InChI is InChI=1S/C27H37N5O5S/c1-4-32(5-2)22-9-8-19-10-18(6-7-20(19)12-22)11-23(14-28)38(35)31-16-21(29)15-30-17-25-27(34)24(33)13-26(36-3)37-25/h6-12,15,24-27,30-31,33-34H,4-5,13,16-17,29H2,1-3H3/b21-15-,23-11+/t24?,25?,26-,27-,38?/m0/s1. The van der Waals surface area contributed by atoms with Crippen LogP contribution in [0, 0.1) is 11.3 Å². The third-order valence-electron chi connectivity index (χ3n) is 6.40. The fraction of sp³-hybridized carbons (Fsp3) is 0.444. The van der Waals surface area contributed by atoms with Crippen LogP contribution in [0.3, 0.4) is 0 Å². The van der Waals surface area contributed by atoms with Crippen molar-refractivity contribution in [1.29, 1.82) is 5.26 Å². The first-order valence-electron chi connectivity index (χ1n) is 12.6. The molecule has 5 atom stereocenters. The smallest absolute Gasteiger partial charge is 0.160 e. The number of nitrogens with two attached hydrogens (primary N) is 1. The summed E-state index contributed by atoms with van der Waals surface area (Å²) in [4.78, 5) is 2.35. The van der Waals surface area contributed by atoms with Gasteiger partial charge in [-0.1, -0.05) is 18.2 Å². The van der Waals surface area contributed by atoms with Crippen molar-refractivity contribution in [2.75, 3.05) is 38.2 Å². The molecule has 0 amide bonds. The van der Waals surface area contributed by atoms with Gasteiger partial charge >= 0.3 is 0 Å². The second-order valence-electron chi connectivity index (χ2n) is 8.93. The summed E-state index contributed by atoms with van der Waals surface area (Å²) in [5, 5.41) is 34.7. The van der Waals surface area contributed by atoms with E-state index in [1.807, 2.05) is 30.3 Å². The third kappa shape index (κ3) is 7.77. The minimum absolute atomic E-state index is 0.0574. The maximum atomic E-state index is 12.7. The van der Waals surface area contributed by atoms with Gasteiger partial charge in [0.05, 0.1) is 6.10 Å². The largest absolute Gasteiger partial charge is 0.400 e. The van der Waals surface area contributed by atoms with Gasteiger partial charge < -0.3 is 35.6 Å². The van der Waals surface area contributed by atoms with Crippen LogP contribution in [0.15, 0.2) is 53.2 Å². The number of hydrogen-bond acceptors (Lipinski definition) is 9. The van der Waals surface area contributed by atoms with Gasteiger partial charge in [0.25, 0.3) is 0 Å². The number of hydrogen-bond donors (Lipinski definition) is 5. The predicted molar refractivity (Wildman–Crippen MR) is 150 cm³/mol. The number of nitrogens with one attached hydrogen (secondary N) is 2. The Balaban J connectivity index is 1.57. The quantitative estimate of drug-likeness (QED) is 0.252. The van der Waals surface area contributed by atoms with E-state index in [0.717, 1.165) is 35.1 Å². The Kier molecular flexibility index (Phi) is 11.1. The molecule has 2 aromatic rings. The van der Waals surface area contributed by atoms with Gasteiger partial charge in [0.15, 0.2) is 6.29 Å². The molecule has 2 aromatic carbocycles. The first-order valence-corrected chi connectivity index (χ1v) is 13.7. The number of ether oxygens (including phenoxy) is 2. The lowest BCUT2D eigenvalue weighted by atomic mass is 10.0. The number of fused-ring (bicyclic) bond motifs is 1. The van der Waals surface area contributed by atoms with Crippen molar-refractivity contribution in [2.45, 2.75) is 44.9 Å². The fourth-order valence-electron chi connectivity index (χ4n) is 4.23. The summed E-state index contributed by atoms with van der Waals surface area (Å²) >= 11 is 0. The van der Waals surface area contributed by atoms with Gasteiger partial charge in [-0.2, -0.15) is 5.26 Å². The number of benzene rings is 2. The van der Waals surface area contributed by atoms with Crippen molar-refractivity contribution in [1.82, 2.24) is 10.0 Å². The second-order valence-corrected chi connectivity index (χ2v) is 10.2. The van der Waals surface area contributed by atoms with Crippen LogP contribution in [0.25, 0.3) is 16.8 Å². The van der Waals surface area contributed by atoms with E-state index in [0.29, 0.717) is 5.70 Å². The molecule has 1 aliphatic heterocycles. The molecule has 0 aromatic heterocycles. The average molecular weight is 544 g/mol. The van der Waals surface area contributed by atoms with Crippen LogP contribution in [0.4, 0.5) is 5.69 Å². The van der Waals surface area contributed by atoms with Gasteiger partial charge in [0.2, 0.25) is 0 Å². The summed E-state index contributed by atoms with van der Waals surface area (Å²) < 4.78 is 26.1. The Bertz CT molecular complexity index is 1210. The molecule has 38 heavy (non-hydrogen) atoms. The SMILES string of the molecule is CCN(CC)c1ccc2cc(/C=C(\C#N)S(=O)NC/C(N)=C/NCC3O[C@H](OC)CC(O)[C@@H]3O)ccc2c1. The summed E-state index contributed by atoms with van der Waals surface area (Å²) in [6.45, 7) is 6.35. The number of nitriles is 1. The van der Waals surface area contributed by atoms with Gasteiger partial charge in [-0.25, -0.2) is 8.93 Å². The Labute approximate surface area is 226 Å². The lowest BCUT2D eigenvalue weighted by Crippen LogP contribution is -2.52. The number of methoxy groups -OCH3 is 1. The molecule has 0 saturated carbocycles. The summed E-state index contributed by atoms with van der Waals surface area (Å²) in [6, 6.07) is 14.1. The van der Waals surface area contributed by atoms with Gasteiger partial charge in [0, 0.05) is 57.3 Å². The minimum Gasteiger partial charge on any atom is -0.400 e. The Morgan fingerprint density at radius 2 is 1.97 bits per heavy atom. The lowest BCUT2D eigenvalue weighted by Gasteiger charge is -2.36. The zero-order valence-corrected chi connectivity index (χ0v) is 22.8. The van der Waals surface area contributed by atoms with E-state index in [1.54, 1.807) is 6.08 Å². The lowest BCUT2D eigenvalue weighted by molar-refractivity contribution is -0.240. The monoisotopic (exact) mass is 543 g/mol. The Morgan fingerprint density at radius 3 is 2.66 bits per heavy atom. The second kappa shape index (κ2) is 14.2. The number of allylic oxidation sites excluding steroid dienone is 1. The Morgan fingerprint density at radius 1 is 1.26 bits per heavy atom. The number of anilines is 1. The normalized spacial score (nSPS) is 23.2. The number of aliphatic hydroxyl groups excluding tert-OH is 2. The van der Waals surface area contributed by atoms with Crippen molar-refractivity contribution in [3.05, 3.63) is 58.8 Å². The highest BCUT2D eigenvalue weighted by Crippen LogP contribution is 2.24. The fourth-order valence-corrected chi connectivity index (χ4v) is 5.00. The summed E-state index contributed by atoms with van der Waals surface area (Å²) in [5.74, 6) is 0. The molecule has 0 spiro atoms. The zero-order valence-electron chi connectivity index (χ0n) is 22.0. The third-order valence-corrected chi connectivity index (χ3v) is 7.41. The van der Waals surface area contributed by atoms with E-state index >= 15 is 0 Å². The van der Waals surface area contributed by atoms with E-state index in [9.17, 15) is 19.7 Å². The van der Waals surface area contributed by atoms with Crippen LogP contribution in [0.5, 0.6) is 0 Å². The van der Waals surface area contributed by atoms with Crippen molar-refractivity contribution < 1.29 is 23.9 Å². The maximum absolute atomic E-state index is 12.7. The molecule has 1 fully saturated rings. The maximum Gasteiger partial charge on any atom is 0.160 e. The summed E-state index contributed by atoms with van der Waals surface area (Å²) in [7, 11) is -0.303. The van der Waals surface area contributed by atoms with E-state index in [1.165, 1.54) is 13.3 Å². The Hall–Kier alpha value is -2.98. The number of nitrogens with zero attached hydrogens (tertiary/aromatic N) is 2. The van der Waals surface area contributed by atoms with Crippen LogP contribution in [-0.2, 0) is 20.5 Å². The number of rotatable bonds is 12. The van der Waals surface area contributed by atoms with Crippen molar-refractivity contribution in [3.8, 4) is 6.07 Å². The van der Waals surface area contributed by atoms with Crippen LogP contribution < -0.4 is 20.7 Å². The molecule has 0 aliphatic carbocycles. The highest BCUT2D eigenvalue weighted by atomic mass is 32.2. The van der Waals surface area contributed by atoms with Gasteiger partial charge in [-0.15, -0.1) is 0 Å². The topological polar surface area (TPSA) is 153 Å². The molecule has 1 saturated heterocycles. The first-order chi connectivity index (χ1) is 18.3. The molecule has 0 bridgehead atoms. The van der Waals surface area contributed by atoms with Crippen molar-refractivity contribution >= 4 is 33.5 Å². The van der Waals surface area contributed by atoms with Crippen molar-refractivity contribution in [3.63, 3.8) is 0 Å². The summed E-state index contributed by atoms with van der Waals surface area (Å²) in [5.41, 5.74) is 8.25. The molecular formula is C27H37N5O5S. The molecule has 1 aliphatic rings. The first kappa shape index (κ1) is 29.6.